The smallest absolute Gasteiger partial charge is 0.306 e. The second-order valence-electron chi connectivity index (χ2n) is 5.06. The van der Waals surface area contributed by atoms with Gasteiger partial charge in [0.1, 0.15) is 6.61 Å². The first-order valence-electron chi connectivity index (χ1n) is 7.11. The topological polar surface area (TPSA) is 63.6 Å². The molecular formula is C18H18O4. The van der Waals surface area contributed by atoms with E-state index in [1.165, 1.54) is 0 Å². The number of carboxylic acids is 1. The molecule has 4 nitrogen and oxygen atoms in total. The number of carboxylic acid groups (broad SMARTS) is 1. The van der Waals surface area contributed by atoms with Gasteiger partial charge < -0.3 is 9.84 Å². The van der Waals surface area contributed by atoms with Crippen LogP contribution in [0.15, 0.2) is 60.7 Å². The van der Waals surface area contributed by atoms with Crippen molar-refractivity contribution in [1.29, 1.82) is 0 Å². The quantitative estimate of drug-likeness (QED) is 0.796. The Morgan fingerprint density at radius 3 is 2.09 bits per heavy atom. The number of esters is 1. The van der Waals surface area contributed by atoms with Gasteiger partial charge >= 0.3 is 11.9 Å². The molecule has 2 aromatic rings. The number of hydrogen-bond donors (Lipinski definition) is 1. The summed E-state index contributed by atoms with van der Waals surface area (Å²) >= 11 is 0. The summed E-state index contributed by atoms with van der Waals surface area (Å²) in [6.07, 6.45) is -0.0341. The molecule has 0 amide bonds. The molecule has 0 fully saturated rings. The Labute approximate surface area is 129 Å². The van der Waals surface area contributed by atoms with Crippen LogP contribution in [0.1, 0.15) is 29.9 Å². The molecule has 0 aromatic heterocycles. The minimum atomic E-state index is -0.926. The van der Waals surface area contributed by atoms with Crippen molar-refractivity contribution in [2.75, 3.05) is 0 Å². The van der Waals surface area contributed by atoms with Crippen molar-refractivity contribution in [3.63, 3.8) is 0 Å². The number of carbonyl (C=O) groups excluding carboxylic acids is 1. The number of carbonyl (C=O) groups is 2. The summed E-state index contributed by atoms with van der Waals surface area (Å²) < 4.78 is 5.23. The molecule has 0 spiro atoms. The molecule has 22 heavy (non-hydrogen) atoms. The van der Waals surface area contributed by atoms with Crippen LogP contribution in [-0.2, 0) is 20.9 Å². The lowest BCUT2D eigenvalue weighted by Gasteiger charge is -2.14. The molecular weight excluding hydrogens is 280 g/mol. The van der Waals surface area contributed by atoms with Crippen LogP contribution >= 0.6 is 0 Å². The SMILES string of the molecule is O=C(O)C[C@H](CC(=O)OCc1ccccc1)c1ccccc1. The number of hydrogen-bond acceptors (Lipinski definition) is 3. The Hall–Kier alpha value is -2.62. The van der Waals surface area contributed by atoms with Crippen molar-refractivity contribution in [3.8, 4) is 0 Å². The van der Waals surface area contributed by atoms with Crippen molar-refractivity contribution in [2.24, 2.45) is 0 Å². The average Bonchev–Trinajstić information content (AvgIpc) is 2.54. The average molecular weight is 298 g/mol. The highest BCUT2D eigenvalue weighted by atomic mass is 16.5. The second kappa shape index (κ2) is 7.98. The zero-order chi connectivity index (χ0) is 15.8. The van der Waals surface area contributed by atoms with Crippen molar-refractivity contribution < 1.29 is 19.4 Å². The largest absolute Gasteiger partial charge is 0.481 e. The highest BCUT2D eigenvalue weighted by molar-refractivity contribution is 5.73. The summed E-state index contributed by atoms with van der Waals surface area (Å²) in [5.74, 6) is -1.69. The predicted molar refractivity (Wildman–Crippen MR) is 82.3 cm³/mol. The van der Waals surface area contributed by atoms with E-state index in [-0.39, 0.29) is 31.3 Å². The number of benzene rings is 2. The molecule has 0 saturated carbocycles. The van der Waals surface area contributed by atoms with Gasteiger partial charge in [0.25, 0.3) is 0 Å². The molecule has 4 heteroatoms. The third kappa shape index (κ3) is 5.05. The third-order valence-corrected chi connectivity index (χ3v) is 3.35. The maximum absolute atomic E-state index is 12.0. The lowest BCUT2D eigenvalue weighted by atomic mass is 9.92. The first kappa shape index (κ1) is 15.8. The van der Waals surface area contributed by atoms with E-state index < -0.39 is 5.97 Å². The molecule has 1 N–H and O–H groups in total. The molecule has 0 aliphatic rings. The summed E-state index contributed by atoms with van der Waals surface area (Å²) in [6, 6.07) is 18.6. The second-order valence-corrected chi connectivity index (χ2v) is 5.06. The van der Waals surface area contributed by atoms with E-state index in [9.17, 15) is 9.59 Å². The Bertz CT molecular complexity index is 607. The molecule has 0 unspecified atom stereocenters. The van der Waals surface area contributed by atoms with Crippen LogP contribution in [-0.4, -0.2) is 17.0 Å². The molecule has 0 radical (unpaired) electrons. The van der Waals surface area contributed by atoms with Gasteiger partial charge in [-0.2, -0.15) is 0 Å². The summed E-state index contributed by atoms with van der Waals surface area (Å²) in [6.45, 7) is 0.203. The zero-order valence-corrected chi connectivity index (χ0v) is 12.1. The van der Waals surface area contributed by atoms with Gasteiger partial charge in [-0.1, -0.05) is 60.7 Å². The maximum atomic E-state index is 12.0. The van der Waals surface area contributed by atoms with Gasteiger partial charge in [0.15, 0.2) is 0 Å². The summed E-state index contributed by atoms with van der Waals surface area (Å²) in [4.78, 5) is 23.0. The van der Waals surface area contributed by atoms with E-state index in [2.05, 4.69) is 0 Å². The number of rotatable bonds is 7. The van der Waals surface area contributed by atoms with E-state index in [4.69, 9.17) is 9.84 Å². The highest BCUT2D eigenvalue weighted by Gasteiger charge is 2.20. The Balaban J connectivity index is 1.95. The zero-order valence-electron chi connectivity index (χ0n) is 12.1. The van der Waals surface area contributed by atoms with E-state index in [1.54, 1.807) is 0 Å². The lowest BCUT2D eigenvalue weighted by Crippen LogP contribution is -2.14. The molecule has 2 aromatic carbocycles. The minimum Gasteiger partial charge on any atom is -0.481 e. The van der Waals surface area contributed by atoms with Gasteiger partial charge in [0.05, 0.1) is 12.8 Å². The first-order chi connectivity index (χ1) is 10.6. The Kier molecular flexibility index (Phi) is 5.72. The van der Waals surface area contributed by atoms with E-state index in [0.29, 0.717) is 0 Å². The number of ether oxygens (including phenoxy) is 1. The van der Waals surface area contributed by atoms with Gasteiger partial charge in [-0.25, -0.2) is 0 Å². The fourth-order valence-electron chi connectivity index (χ4n) is 2.24. The van der Waals surface area contributed by atoms with Crippen molar-refractivity contribution in [1.82, 2.24) is 0 Å². The molecule has 2 rings (SSSR count). The molecule has 0 saturated heterocycles. The number of aliphatic carboxylic acids is 1. The predicted octanol–water partition coefficient (Wildman–Crippen LogP) is 3.38. The lowest BCUT2D eigenvalue weighted by molar-refractivity contribution is -0.145. The molecule has 1 atom stereocenters. The summed E-state index contributed by atoms with van der Waals surface area (Å²) in [5, 5.41) is 9.01. The summed E-state index contributed by atoms with van der Waals surface area (Å²) in [5.41, 5.74) is 1.74. The molecule has 0 aliphatic heterocycles. The van der Waals surface area contributed by atoms with Crippen LogP contribution in [0.4, 0.5) is 0 Å². The Morgan fingerprint density at radius 2 is 1.50 bits per heavy atom. The third-order valence-electron chi connectivity index (χ3n) is 3.35. The van der Waals surface area contributed by atoms with E-state index >= 15 is 0 Å². The highest BCUT2D eigenvalue weighted by Crippen LogP contribution is 2.24. The van der Waals surface area contributed by atoms with Crippen molar-refractivity contribution in [3.05, 3.63) is 71.8 Å². The first-order valence-corrected chi connectivity index (χ1v) is 7.11. The van der Waals surface area contributed by atoms with Gasteiger partial charge in [0, 0.05) is 5.92 Å². The molecule has 114 valence electrons. The normalized spacial score (nSPS) is 11.6. The van der Waals surface area contributed by atoms with Gasteiger partial charge in [-0.15, -0.1) is 0 Å². The van der Waals surface area contributed by atoms with Crippen LogP contribution in [0.25, 0.3) is 0 Å². The Morgan fingerprint density at radius 1 is 0.909 bits per heavy atom. The standard InChI is InChI=1S/C18H18O4/c19-17(20)11-16(15-9-5-2-6-10-15)12-18(21)22-13-14-7-3-1-4-8-14/h1-10,16H,11-13H2,(H,19,20)/t16-/m1/s1. The van der Waals surface area contributed by atoms with Crippen molar-refractivity contribution in [2.45, 2.75) is 25.4 Å². The van der Waals surface area contributed by atoms with Crippen LogP contribution < -0.4 is 0 Å². The van der Waals surface area contributed by atoms with Gasteiger partial charge in [-0.05, 0) is 11.1 Å². The molecule has 0 aliphatic carbocycles. The maximum Gasteiger partial charge on any atom is 0.306 e. The minimum absolute atomic E-state index is 0.0587. The summed E-state index contributed by atoms with van der Waals surface area (Å²) in [7, 11) is 0. The van der Waals surface area contributed by atoms with Gasteiger partial charge in [0.2, 0.25) is 0 Å². The molecule has 0 heterocycles. The fraction of sp³-hybridized carbons (Fsp3) is 0.222. The van der Waals surface area contributed by atoms with Crippen LogP contribution in [0, 0.1) is 0 Å². The van der Waals surface area contributed by atoms with E-state index in [0.717, 1.165) is 11.1 Å². The van der Waals surface area contributed by atoms with Gasteiger partial charge in [-0.3, -0.25) is 9.59 Å². The fourth-order valence-corrected chi connectivity index (χ4v) is 2.24. The van der Waals surface area contributed by atoms with Crippen LogP contribution in [0.3, 0.4) is 0 Å². The monoisotopic (exact) mass is 298 g/mol. The van der Waals surface area contributed by atoms with Crippen LogP contribution in [0.5, 0.6) is 0 Å². The van der Waals surface area contributed by atoms with Crippen LogP contribution in [0.2, 0.25) is 0 Å². The van der Waals surface area contributed by atoms with Crippen molar-refractivity contribution >= 4 is 11.9 Å². The molecule has 0 bridgehead atoms. The van der Waals surface area contributed by atoms with E-state index in [1.807, 2.05) is 60.7 Å².